The molecule has 0 fully saturated rings. The average Bonchev–Trinajstić information content (AvgIpc) is 2.04. The largest absolute Gasteiger partial charge is 0.573 e. The molecule has 1 aromatic rings. The average molecular weight is 319 g/mol. The van der Waals surface area contributed by atoms with Gasteiger partial charge >= 0.3 is 6.36 Å². The molecule has 0 saturated heterocycles. The fraction of sp³-hybridized carbons (Fsp3) is 0.286. The summed E-state index contributed by atoms with van der Waals surface area (Å²) in [6.45, 7) is 1.38. The molecule has 1 aromatic heterocycles. The van der Waals surface area contributed by atoms with Gasteiger partial charge in [-0.3, -0.25) is 4.98 Å². The zero-order valence-electron chi connectivity index (χ0n) is 6.89. The van der Waals surface area contributed by atoms with Crippen LogP contribution in [0.3, 0.4) is 0 Å². The minimum atomic E-state index is -4.81. The molecule has 0 aliphatic carbocycles. The molecule has 0 atom stereocenters. The van der Waals surface area contributed by atoms with Crippen molar-refractivity contribution >= 4 is 22.6 Å². The molecule has 1 heterocycles. The first kappa shape index (κ1) is 11.3. The van der Waals surface area contributed by atoms with Gasteiger partial charge in [0.2, 0.25) is 0 Å². The van der Waals surface area contributed by atoms with Crippen LogP contribution in [-0.4, -0.2) is 16.5 Å². The molecule has 1 rings (SSSR count). The molecule has 0 aliphatic rings. The summed E-state index contributed by atoms with van der Waals surface area (Å²) in [5, 5.41) is 9.25. The number of rotatable bonds is 1. The van der Waals surface area contributed by atoms with E-state index in [0.717, 1.165) is 0 Å². The molecule has 0 aliphatic heterocycles. The summed E-state index contributed by atoms with van der Waals surface area (Å²) in [7, 11) is 0. The van der Waals surface area contributed by atoms with E-state index in [1.807, 2.05) is 0 Å². The Morgan fingerprint density at radius 2 is 2.07 bits per heavy atom. The number of aromatic hydroxyl groups is 1. The van der Waals surface area contributed by atoms with Crippen LogP contribution in [0, 0.1) is 10.5 Å². The number of ether oxygens (including phenoxy) is 1. The zero-order valence-corrected chi connectivity index (χ0v) is 9.05. The van der Waals surface area contributed by atoms with Gasteiger partial charge in [-0.25, -0.2) is 0 Å². The smallest absolute Gasteiger partial charge is 0.503 e. The van der Waals surface area contributed by atoms with Crippen LogP contribution in [0.2, 0.25) is 0 Å². The molecule has 0 unspecified atom stereocenters. The van der Waals surface area contributed by atoms with E-state index >= 15 is 0 Å². The van der Waals surface area contributed by atoms with E-state index in [1.165, 1.54) is 13.1 Å². The summed E-state index contributed by atoms with van der Waals surface area (Å²) >= 11 is 1.60. The van der Waals surface area contributed by atoms with Gasteiger partial charge in [0.05, 0.1) is 9.26 Å². The summed E-state index contributed by atoms with van der Waals surface area (Å²) in [6, 6.07) is 0. The fourth-order valence-corrected chi connectivity index (χ4v) is 1.27. The lowest BCUT2D eigenvalue weighted by molar-refractivity contribution is -0.275. The Labute approximate surface area is 91.0 Å². The predicted molar refractivity (Wildman–Crippen MR) is 50.0 cm³/mol. The monoisotopic (exact) mass is 319 g/mol. The summed E-state index contributed by atoms with van der Waals surface area (Å²) in [4.78, 5) is 3.66. The predicted octanol–water partition coefficient (Wildman–Crippen LogP) is 2.60. The highest BCUT2D eigenvalue weighted by molar-refractivity contribution is 14.1. The third kappa shape index (κ3) is 2.63. The van der Waals surface area contributed by atoms with Crippen molar-refractivity contribution in [2.75, 3.05) is 0 Å². The van der Waals surface area contributed by atoms with E-state index in [4.69, 9.17) is 0 Å². The number of alkyl halides is 3. The molecule has 0 spiro atoms. The van der Waals surface area contributed by atoms with Gasteiger partial charge < -0.3 is 9.84 Å². The van der Waals surface area contributed by atoms with Crippen molar-refractivity contribution < 1.29 is 23.0 Å². The Balaban J connectivity index is 3.13. The number of pyridine rings is 1. The third-order valence-corrected chi connectivity index (χ3v) is 2.13. The van der Waals surface area contributed by atoms with Crippen LogP contribution >= 0.6 is 22.6 Å². The van der Waals surface area contributed by atoms with Gasteiger partial charge in [0.15, 0.2) is 11.5 Å². The molecule has 3 nitrogen and oxygen atoms in total. The van der Waals surface area contributed by atoms with Crippen LogP contribution in [0.1, 0.15) is 5.69 Å². The molecule has 78 valence electrons. The van der Waals surface area contributed by atoms with Crippen molar-refractivity contribution in [1.82, 2.24) is 4.98 Å². The van der Waals surface area contributed by atoms with E-state index in [0.29, 0.717) is 0 Å². The van der Waals surface area contributed by atoms with Crippen molar-refractivity contribution in [1.29, 1.82) is 0 Å². The van der Waals surface area contributed by atoms with E-state index in [2.05, 4.69) is 9.72 Å². The van der Waals surface area contributed by atoms with Crippen molar-refractivity contribution in [3.8, 4) is 11.5 Å². The Morgan fingerprint density at radius 3 is 2.57 bits per heavy atom. The molecular weight excluding hydrogens is 314 g/mol. The normalized spacial score (nSPS) is 11.5. The summed E-state index contributed by atoms with van der Waals surface area (Å²) in [5.74, 6) is -1.19. The number of aromatic nitrogens is 1. The number of nitrogens with zero attached hydrogens (tertiary/aromatic N) is 1. The van der Waals surface area contributed by atoms with Crippen LogP contribution in [-0.2, 0) is 0 Å². The highest BCUT2D eigenvalue weighted by Gasteiger charge is 2.33. The third-order valence-electron chi connectivity index (χ3n) is 1.36. The van der Waals surface area contributed by atoms with Gasteiger partial charge in [-0.05, 0) is 29.5 Å². The molecule has 0 amide bonds. The summed E-state index contributed by atoms with van der Waals surface area (Å²) < 4.78 is 39.4. The second-order valence-corrected chi connectivity index (χ2v) is 3.58. The molecule has 0 saturated carbocycles. The fourth-order valence-electron chi connectivity index (χ4n) is 0.763. The first-order chi connectivity index (χ1) is 6.31. The quantitative estimate of drug-likeness (QED) is 0.809. The molecule has 7 heteroatoms. The van der Waals surface area contributed by atoms with Gasteiger partial charge in [0.25, 0.3) is 0 Å². The highest BCUT2D eigenvalue weighted by atomic mass is 127. The topological polar surface area (TPSA) is 42.4 Å². The van der Waals surface area contributed by atoms with Crippen LogP contribution in [0.5, 0.6) is 11.5 Å². The zero-order chi connectivity index (χ0) is 10.9. The van der Waals surface area contributed by atoms with Gasteiger partial charge in [-0.2, -0.15) is 0 Å². The molecular formula is C7H5F3INO2. The standard InChI is InChI=1S/C7H5F3INO2/c1-3-5(13)6(4(11)2-12-3)14-7(8,9)10/h2,13H,1H3. The lowest BCUT2D eigenvalue weighted by Crippen LogP contribution is -2.18. The van der Waals surface area contributed by atoms with E-state index in [-0.39, 0.29) is 9.26 Å². The highest BCUT2D eigenvalue weighted by Crippen LogP contribution is 2.36. The molecule has 0 bridgehead atoms. The molecule has 0 radical (unpaired) electrons. The molecule has 14 heavy (non-hydrogen) atoms. The van der Waals surface area contributed by atoms with E-state index in [9.17, 15) is 18.3 Å². The second kappa shape index (κ2) is 3.79. The number of halogens is 4. The Bertz CT molecular complexity index is 354. The number of aryl methyl sites for hydroxylation is 1. The van der Waals surface area contributed by atoms with E-state index < -0.39 is 17.9 Å². The van der Waals surface area contributed by atoms with Gasteiger partial charge in [-0.1, -0.05) is 0 Å². The van der Waals surface area contributed by atoms with Crippen LogP contribution in [0.25, 0.3) is 0 Å². The van der Waals surface area contributed by atoms with Crippen molar-refractivity contribution in [3.05, 3.63) is 15.5 Å². The van der Waals surface area contributed by atoms with Crippen molar-refractivity contribution in [2.45, 2.75) is 13.3 Å². The Hall–Kier alpha value is -0.730. The Kier molecular flexibility index (Phi) is 3.07. The van der Waals surface area contributed by atoms with Gasteiger partial charge in [-0.15, -0.1) is 13.2 Å². The SMILES string of the molecule is Cc1ncc(I)c(OC(F)(F)F)c1O. The van der Waals surface area contributed by atoms with E-state index in [1.54, 1.807) is 22.6 Å². The molecule has 1 N–H and O–H groups in total. The first-order valence-corrected chi connectivity index (χ1v) is 4.49. The van der Waals surface area contributed by atoms with Crippen LogP contribution < -0.4 is 4.74 Å². The van der Waals surface area contributed by atoms with Crippen molar-refractivity contribution in [3.63, 3.8) is 0 Å². The lowest BCUT2D eigenvalue weighted by Gasteiger charge is -2.12. The van der Waals surface area contributed by atoms with Crippen molar-refractivity contribution in [2.24, 2.45) is 0 Å². The number of hydrogen-bond donors (Lipinski definition) is 1. The first-order valence-electron chi connectivity index (χ1n) is 3.41. The lowest BCUT2D eigenvalue weighted by atomic mass is 10.3. The second-order valence-electron chi connectivity index (χ2n) is 2.42. The summed E-state index contributed by atoms with van der Waals surface area (Å²) in [5.41, 5.74) is 0.0877. The van der Waals surface area contributed by atoms with Gasteiger partial charge in [0, 0.05) is 6.20 Å². The van der Waals surface area contributed by atoms with Gasteiger partial charge in [0.1, 0.15) is 0 Å². The minimum absolute atomic E-state index is 0.0877. The maximum atomic E-state index is 11.9. The van der Waals surface area contributed by atoms with Crippen LogP contribution in [0.4, 0.5) is 13.2 Å². The number of hydrogen-bond acceptors (Lipinski definition) is 3. The maximum Gasteiger partial charge on any atom is 0.573 e. The van der Waals surface area contributed by atoms with Crippen LogP contribution in [0.15, 0.2) is 6.20 Å². The Morgan fingerprint density at radius 1 is 1.50 bits per heavy atom. The molecule has 0 aromatic carbocycles. The minimum Gasteiger partial charge on any atom is -0.503 e. The maximum absolute atomic E-state index is 11.9. The summed E-state index contributed by atoms with van der Waals surface area (Å²) in [6.07, 6.45) is -3.62.